The van der Waals surface area contributed by atoms with E-state index >= 15 is 0 Å². The lowest BCUT2D eigenvalue weighted by Gasteiger charge is -2.05. The molecule has 0 aliphatic heterocycles. The van der Waals surface area contributed by atoms with Crippen LogP contribution in [0.1, 0.15) is 18.4 Å². The quantitative estimate of drug-likeness (QED) is 0.450. The molecule has 17 heavy (non-hydrogen) atoms. The van der Waals surface area contributed by atoms with Gasteiger partial charge in [0.05, 0.1) is 12.1 Å². The van der Waals surface area contributed by atoms with Gasteiger partial charge in [-0.3, -0.25) is 0 Å². The third-order valence-electron chi connectivity index (χ3n) is 2.03. The largest absolute Gasteiger partial charge is 0.423 e. The van der Waals surface area contributed by atoms with E-state index in [0.717, 1.165) is 0 Å². The predicted octanol–water partition coefficient (Wildman–Crippen LogP) is 2.30. The Morgan fingerprint density at radius 3 is 2.24 bits per heavy atom. The summed E-state index contributed by atoms with van der Waals surface area (Å²) in [5, 5.41) is 17.4. The molecule has 4 heteroatoms. The van der Waals surface area contributed by atoms with Gasteiger partial charge in [-0.05, 0) is 24.6 Å². The van der Waals surface area contributed by atoms with Crippen molar-refractivity contribution in [3.63, 3.8) is 0 Å². The van der Waals surface area contributed by atoms with E-state index in [9.17, 15) is 4.79 Å². The van der Waals surface area contributed by atoms with Crippen LogP contribution in [0.2, 0.25) is 0 Å². The van der Waals surface area contributed by atoms with Crippen LogP contribution in [0.15, 0.2) is 36.4 Å². The van der Waals surface area contributed by atoms with Gasteiger partial charge >= 0.3 is 5.97 Å². The molecule has 1 aromatic rings. The second kappa shape index (κ2) is 5.48. The smallest absolute Gasteiger partial charge is 0.338 e. The molecule has 0 saturated heterocycles. The maximum Gasteiger partial charge on any atom is 0.338 e. The first kappa shape index (κ1) is 12.5. The van der Waals surface area contributed by atoms with Gasteiger partial charge in [-0.1, -0.05) is 18.7 Å². The van der Waals surface area contributed by atoms with Crippen LogP contribution >= 0.6 is 0 Å². The second-order valence-electron chi connectivity index (χ2n) is 3.43. The highest BCUT2D eigenvalue weighted by Crippen LogP contribution is 2.19. The van der Waals surface area contributed by atoms with Gasteiger partial charge in [-0.15, -0.1) is 0 Å². The molecule has 1 aromatic carbocycles. The molecule has 0 N–H and O–H groups in total. The van der Waals surface area contributed by atoms with Crippen LogP contribution in [0.25, 0.3) is 0 Å². The Morgan fingerprint density at radius 2 is 1.82 bits per heavy atom. The monoisotopic (exact) mass is 226 g/mol. The standard InChI is InChI=1S/C13H10N2O2/c1-9(2)13(16)17-12-5-3-10(4-6-12)11(7-14)8-15/h3-6,11H,1H2,2H3. The fraction of sp³-hybridized carbons (Fsp3) is 0.154. The highest BCUT2D eigenvalue weighted by atomic mass is 16.5. The third kappa shape index (κ3) is 3.19. The molecular formula is C13H10N2O2. The van der Waals surface area contributed by atoms with Gasteiger partial charge in [0.2, 0.25) is 0 Å². The lowest BCUT2D eigenvalue weighted by Crippen LogP contribution is -2.08. The molecule has 0 aliphatic rings. The number of carbonyl (C=O) groups is 1. The van der Waals surface area contributed by atoms with Crippen LogP contribution < -0.4 is 4.74 Å². The zero-order valence-electron chi connectivity index (χ0n) is 9.30. The minimum Gasteiger partial charge on any atom is -0.423 e. The van der Waals surface area contributed by atoms with Crippen LogP contribution in [0.5, 0.6) is 5.75 Å². The van der Waals surface area contributed by atoms with Crippen LogP contribution in [-0.4, -0.2) is 5.97 Å². The van der Waals surface area contributed by atoms with Crippen molar-refractivity contribution in [1.29, 1.82) is 10.5 Å². The lowest BCUT2D eigenvalue weighted by atomic mass is 10.0. The number of nitriles is 2. The van der Waals surface area contributed by atoms with Gasteiger partial charge in [0, 0.05) is 5.57 Å². The molecule has 0 saturated carbocycles. The molecule has 84 valence electrons. The fourth-order valence-corrected chi connectivity index (χ4v) is 1.10. The summed E-state index contributed by atoms with van der Waals surface area (Å²) in [5.74, 6) is -0.952. The average Bonchev–Trinajstić information content (AvgIpc) is 2.32. The Labute approximate surface area is 99.4 Å². The molecule has 0 aliphatic carbocycles. The Morgan fingerprint density at radius 1 is 1.29 bits per heavy atom. The van der Waals surface area contributed by atoms with Crippen molar-refractivity contribution in [3.8, 4) is 17.9 Å². The second-order valence-corrected chi connectivity index (χ2v) is 3.43. The normalized spacial score (nSPS) is 9.18. The zero-order chi connectivity index (χ0) is 12.8. The van der Waals surface area contributed by atoms with Gasteiger partial charge in [-0.25, -0.2) is 4.79 Å². The minimum absolute atomic E-state index is 0.306. The summed E-state index contributed by atoms with van der Waals surface area (Å²) < 4.78 is 4.97. The topological polar surface area (TPSA) is 73.9 Å². The van der Waals surface area contributed by atoms with Crippen molar-refractivity contribution in [2.24, 2.45) is 0 Å². The number of carbonyl (C=O) groups excluding carboxylic acids is 1. The summed E-state index contributed by atoms with van der Waals surface area (Å²) in [6, 6.07) is 9.97. The van der Waals surface area contributed by atoms with Crippen molar-refractivity contribution in [2.75, 3.05) is 0 Å². The van der Waals surface area contributed by atoms with E-state index < -0.39 is 11.9 Å². The van der Waals surface area contributed by atoms with Crippen LogP contribution in [-0.2, 0) is 4.79 Å². The van der Waals surface area contributed by atoms with Gasteiger partial charge in [0.1, 0.15) is 5.75 Å². The minimum atomic E-state index is -0.805. The Kier molecular flexibility index (Phi) is 4.02. The van der Waals surface area contributed by atoms with E-state index in [2.05, 4.69) is 6.58 Å². The molecule has 0 aromatic heterocycles. The summed E-state index contributed by atoms with van der Waals surface area (Å²) in [7, 11) is 0. The maximum atomic E-state index is 11.2. The lowest BCUT2D eigenvalue weighted by molar-refractivity contribution is -0.130. The van der Waals surface area contributed by atoms with Crippen molar-refractivity contribution >= 4 is 5.97 Å². The van der Waals surface area contributed by atoms with E-state index in [-0.39, 0.29) is 0 Å². The third-order valence-corrected chi connectivity index (χ3v) is 2.03. The molecule has 1 rings (SSSR count). The Balaban J connectivity index is 2.83. The molecule has 4 nitrogen and oxygen atoms in total. The molecule has 0 fully saturated rings. The van der Waals surface area contributed by atoms with E-state index in [1.807, 2.05) is 12.1 Å². The predicted molar refractivity (Wildman–Crippen MR) is 60.9 cm³/mol. The van der Waals surface area contributed by atoms with Crippen molar-refractivity contribution < 1.29 is 9.53 Å². The summed E-state index contributed by atoms with van der Waals surface area (Å²) in [6.07, 6.45) is 0. The molecule has 0 unspecified atom stereocenters. The number of hydrogen-bond donors (Lipinski definition) is 0. The number of nitrogens with zero attached hydrogens (tertiary/aromatic N) is 2. The summed E-state index contributed by atoms with van der Waals surface area (Å²) >= 11 is 0. The summed E-state index contributed by atoms with van der Waals surface area (Å²) in [6.45, 7) is 5.02. The number of esters is 1. The summed E-state index contributed by atoms with van der Waals surface area (Å²) in [4.78, 5) is 11.2. The van der Waals surface area contributed by atoms with E-state index in [1.54, 1.807) is 19.1 Å². The van der Waals surface area contributed by atoms with E-state index in [0.29, 0.717) is 16.9 Å². The fourth-order valence-electron chi connectivity index (χ4n) is 1.10. The first-order valence-electron chi connectivity index (χ1n) is 4.85. The number of ether oxygens (including phenoxy) is 1. The van der Waals surface area contributed by atoms with Gasteiger partial charge < -0.3 is 4.74 Å². The molecular weight excluding hydrogens is 216 g/mol. The van der Waals surface area contributed by atoms with Crippen molar-refractivity contribution in [2.45, 2.75) is 12.8 Å². The van der Waals surface area contributed by atoms with Gasteiger partial charge in [0.15, 0.2) is 5.92 Å². The van der Waals surface area contributed by atoms with Gasteiger partial charge in [-0.2, -0.15) is 10.5 Å². The van der Waals surface area contributed by atoms with Crippen LogP contribution in [0.4, 0.5) is 0 Å². The molecule has 0 amide bonds. The first-order chi connectivity index (χ1) is 8.08. The number of benzene rings is 1. The van der Waals surface area contributed by atoms with Crippen molar-refractivity contribution in [3.05, 3.63) is 42.0 Å². The first-order valence-corrected chi connectivity index (χ1v) is 4.85. The van der Waals surface area contributed by atoms with Gasteiger partial charge in [0.25, 0.3) is 0 Å². The highest BCUT2D eigenvalue weighted by molar-refractivity contribution is 5.88. The molecule has 0 heterocycles. The van der Waals surface area contributed by atoms with Crippen LogP contribution in [0.3, 0.4) is 0 Å². The van der Waals surface area contributed by atoms with E-state index in [1.165, 1.54) is 12.1 Å². The maximum absolute atomic E-state index is 11.2. The highest BCUT2D eigenvalue weighted by Gasteiger charge is 2.10. The van der Waals surface area contributed by atoms with Crippen LogP contribution in [0, 0.1) is 22.7 Å². The van der Waals surface area contributed by atoms with Crippen molar-refractivity contribution in [1.82, 2.24) is 0 Å². The molecule has 0 spiro atoms. The molecule has 0 radical (unpaired) electrons. The average molecular weight is 226 g/mol. The number of hydrogen-bond acceptors (Lipinski definition) is 4. The Bertz CT molecular complexity index is 504. The zero-order valence-corrected chi connectivity index (χ0v) is 9.30. The van der Waals surface area contributed by atoms with E-state index in [4.69, 9.17) is 15.3 Å². The number of rotatable bonds is 3. The Hall–Kier alpha value is -2.59. The SMILES string of the molecule is C=C(C)C(=O)Oc1ccc(C(C#N)C#N)cc1. The molecule has 0 bridgehead atoms. The molecule has 0 atom stereocenters. The summed E-state index contributed by atoms with van der Waals surface area (Å²) in [5.41, 5.74) is 0.881.